The third-order valence-electron chi connectivity index (χ3n) is 2.80. The number of nitrogens with one attached hydrogen (secondary N) is 1. The van der Waals surface area contributed by atoms with E-state index in [0.29, 0.717) is 0 Å². The average Bonchev–Trinajstić information content (AvgIpc) is 2.50. The molecule has 0 bridgehead atoms. The van der Waals surface area contributed by atoms with Crippen molar-refractivity contribution >= 4 is 0 Å². The Balaban J connectivity index is 2.25. The van der Waals surface area contributed by atoms with Gasteiger partial charge < -0.3 is 4.98 Å². The monoisotopic (exact) mass is 163 g/mol. The summed E-state index contributed by atoms with van der Waals surface area (Å²) < 4.78 is 0. The number of hydrogen-bond acceptors (Lipinski definition) is 0. The lowest BCUT2D eigenvalue weighted by Crippen LogP contribution is -2.02. The zero-order chi connectivity index (χ0) is 8.39. The van der Waals surface area contributed by atoms with E-state index in [2.05, 4.69) is 18.1 Å². The largest absolute Gasteiger partial charge is 0.364 e. The van der Waals surface area contributed by atoms with Gasteiger partial charge in [0.05, 0.1) is 0 Å². The first-order chi connectivity index (χ1) is 5.92. The van der Waals surface area contributed by atoms with Crippen LogP contribution in [0.15, 0.2) is 6.20 Å². The number of fused-ring (bicyclic) bond motifs is 1. The van der Waals surface area contributed by atoms with Gasteiger partial charge >= 0.3 is 0 Å². The zero-order valence-corrected chi connectivity index (χ0v) is 7.82. The van der Waals surface area contributed by atoms with Gasteiger partial charge in [-0.25, -0.2) is 0 Å². The first-order valence-corrected chi connectivity index (χ1v) is 5.10. The molecule has 1 nitrogen and oxygen atoms in total. The van der Waals surface area contributed by atoms with Crippen LogP contribution in [0.3, 0.4) is 0 Å². The molecule has 1 N–H and O–H groups in total. The topological polar surface area (TPSA) is 15.8 Å². The molecule has 0 aromatic carbocycles. The minimum Gasteiger partial charge on any atom is -0.364 e. The highest BCUT2D eigenvalue weighted by Gasteiger charge is 2.13. The summed E-state index contributed by atoms with van der Waals surface area (Å²) in [4.78, 5) is 3.41. The maximum absolute atomic E-state index is 3.41. The third kappa shape index (κ3) is 1.28. The molecule has 66 valence electrons. The minimum absolute atomic E-state index is 1.26. The van der Waals surface area contributed by atoms with E-state index < -0.39 is 0 Å². The first kappa shape index (κ1) is 7.90. The Bertz CT molecular complexity index is 260. The molecule has 1 aromatic rings. The second-order valence-corrected chi connectivity index (χ2v) is 3.73. The zero-order valence-electron chi connectivity index (χ0n) is 7.82. The summed E-state index contributed by atoms with van der Waals surface area (Å²) >= 11 is 0. The molecule has 1 aliphatic carbocycles. The van der Waals surface area contributed by atoms with Crippen molar-refractivity contribution in [1.29, 1.82) is 0 Å². The molecule has 0 amide bonds. The second kappa shape index (κ2) is 3.34. The molecule has 0 atom stereocenters. The number of aromatic amines is 1. The molecule has 12 heavy (non-hydrogen) atoms. The Hall–Kier alpha value is -0.720. The molecule has 0 spiro atoms. The van der Waals surface area contributed by atoms with Crippen molar-refractivity contribution in [3.63, 3.8) is 0 Å². The summed E-state index contributed by atoms with van der Waals surface area (Å²) in [7, 11) is 0. The minimum atomic E-state index is 1.26. The predicted octanol–water partition coefficient (Wildman–Crippen LogP) is 2.85. The van der Waals surface area contributed by atoms with Gasteiger partial charge in [0.1, 0.15) is 0 Å². The van der Waals surface area contributed by atoms with Gasteiger partial charge in [0, 0.05) is 11.9 Å². The van der Waals surface area contributed by atoms with Gasteiger partial charge in [-0.3, -0.25) is 0 Å². The van der Waals surface area contributed by atoms with Crippen molar-refractivity contribution in [2.24, 2.45) is 0 Å². The second-order valence-electron chi connectivity index (χ2n) is 3.73. The van der Waals surface area contributed by atoms with Gasteiger partial charge in [0.2, 0.25) is 0 Å². The van der Waals surface area contributed by atoms with Crippen molar-refractivity contribution in [2.75, 3.05) is 0 Å². The summed E-state index contributed by atoms with van der Waals surface area (Å²) in [6, 6.07) is 0. The molecule has 2 rings (SSSR count). The Morgan fingerprint density at radius 3 is 3.00 bits per heavy atom. The number of aryl methyl sites for hydroxylation is 2. The molecule has 0 unspecified atom stereocenters. The lowest BCUT2D eigenvalue weighted by molar-refractivity contribution is 0.672. The van der Waals surface area contributed by atoms with Crippen molar-refractivity contribution in [3.8, 4) is 0 Å². The van der Waals surface area contributed by atoms with E-state index in [4.69, 9.17) is 0 Å². The Morgan fingerprint density at radius 2 is 2.17 bits per heavy atom. The van der Waals surface area contributed by atoms with E-state index in [1.165, 1.54) is 44.2 Å². The van der Waals surface area contributed by atoms with Gasteiger partial charge in [-0.15, -0.1) is 0 Å². The molecular formula is C11H17N. The predicted molar refractivity (Wildman–Crippen MR) is 51.4 cm³/mol. The average molecular weight is 163 g/mol. The molecule has 0 aliphatic heterocycles. The number of H-pyrrole nitrogens is 1. The van der Waals surface area contributed by atoms with Crippen LogP contribution >= 0.6 is 0 Å². The van der Waals surface area contributed by atoms with Gasteiger partial charge in [-0.2, -0.15) is 0 Å². The summed E-state index contributed by atoms with van der Waals surface area (Å²) in [6.45, 7) is 2.25. The van der Waals surface area contributed by atoms with Crippen LogP contribution < -0.4 is 0 Å². The smallest absolute Gasteiger partial charge is 0.0182 e. The maximum atomic E-state index is 3.41. The molecule has 0 saturated carbocycles. The standard InChI is InChI=1S/C11H17N/c1-2-5-9-8-12-11-7-4-3-6-10(9)11/h8,12H,2-7H2,1H3. The molecular weight excluding hydrogens is 146 g/mol. The summed E-state index contributed by atoms with van der Waals surface area (Å²) in [5.74, 6) is 0. The normalized spacial score (nSPS) is 16.1. The lowest BCUT2D eigenvalue weighted by Gasteiger charge is -2.12. The van der Waals surface area contributed by atoms with E-state index in [-0.39, 0.29) is 0 Å². The van der Waals surface area contributed by atoms with Crippen LogP contribution in [0.2, 0.25) is 0 Å². The molecule has 0 radical (unpaired) electrons. The van der Waals surface area contributed by atoms with Crippen molar-refractivity contribution < 1.29 is 0 Å². The molecule has 1 aromatic heterocycles. The van der Waals surface area contributed by atoms with Crippen LogP contribution in [0.25, 0.3) is 0 Å². The molecule has 0 saturated heterocycles. The van der Waals surface area contributed by atoms with Gasteiger partial charge in [-0.1, -0.05) is 13.3 Å². The first-order valence-electron chi connectivity index (χ1n) is 5.10. The molecule has 1 heterocycles. The van der Waals surface area contributed by atoms with E-state index in [0.717, 1.165) is 0 Å². The maximum Gasteiger partial charge on any atom is 0.0182 e. The molecule has 0 fully saturated rings. The van der Waals surface area contributed by atoms with Crippen LogP contribution in [0.4, 0.5) is 0 Å². The van der Waals surface area contributed by atoms with Gasteiger partial charge in [-0.05, 0) is 43.2 Å². The van der Waals surface area contributed by atoms with Crippen LogP contribution in [-0.4, -0.2) is 4.98 Å². The van der Waals surface area contributed by atoms with E-state index in [9.17, 15) is 0 Å². The number of aromatic nitrogens is 1. The summed E-state index contributed by atoms with van der Waals surface area (Å²) in [6.07, 6.45) is 10.1. The Morgan fingerprint density at radius 1 is 1.33 bits per heavy atom. The molecule has 1 heteroatoms. The SMILES string of the molecule is CCCc1c[nH]c2c1CCCC2. The third-order valence-corrected chi connectivity index (χ3v) is 2.80. The van der Waals surface area contributed by atoms with Crippen molar-refractivity contribution in [2.45, 2.75) is 45.4 Å². The fraction of sp³-hybridized carbons (Fsp3) is 0.636. The summed E-state index contributed by atoms with van der Waals surface area (Å²) in [5.41, 5.74) is 4.74. The Labute approximate surface area is 74.2 Å². The highest BCUT2D eigenvalue weighted by molar-refractivity contribution is 5.32. The summed E-state index contributed by atoms with van der Waals surface area (Å²) in [5, 5.41) is 0. The quantitative estimate of drug-likeness (QED) is 0.690. The highest BCUT2D eigenvalue weighted by Crippen LogP contribution is 2.24. The van der Waals surface area contributed by atoms with Crippen LogP contribution in [-0.2, 0) is 19.3 Å². The number of rotatable bonds is 2. The number of hydrogen-bond donors (Lipinski definition) is 1. The van der Waals surface area contributed by atoms with Gasteiger partial charge in [0.15, 0.2) is 0 Å². The van der Waals surface area contributed by atoms with Crippen LogP contribution in [0, 0.1) is 0 Å². The lowest BCUT2D eigenvalue weighted by atomic mass is 9.94. The molecule has 1 aliphatic rings. The van der Waals surface area contributed by atoms with E-state index in [1.54, 1.807) is 11.1 Å². The van der Waals surface area contributed by atoms with Gasteiger partial charge in [0.25, 0.3) is 0 Å². The fourth-order valence-corrected chi connectivity index (χ4v) is 2.17. The van der Waals surface area contributed by atoms with Crippen molar-refractivity contribution in [1.82, 2.24) is 4.98 Å². The highest BCUT2D eigenvalue weighted by atomic mass is 14.7. The van der Waals surface area contributed by atoms with E-state index >= 15 is 0 Å². The fourth-order valence-electron chi connectivity index (χ4n) is 2.17. The van der Waals surface area contributed by atoms with Crippen LogP contribution in [0.5, 0.6) is 0 Å². The van der Waals surface area contributed by atoms with E-state index in [1.807, 2.05) is 0 Å². The van der Waals surface area contributed by atoms with Crippen LogP contribution in [0.1, 0.15) is 43.0 Å². The van der Waals surface area contributed by atoms with Crippen molar-refractivity contribution in [3.05, 3.63) is 23.0 Å². The Kier molecular flexibility index (Phi) is 2.20.